The van der Waals surface area contributed by atoms with Gasteiger partial charge in [-0.05, 0) is 25.5 Å². The number of oxazole rings is 1. The fourth-order valence-corrected chi connectivity index (χ4v) is 2.76. The van der Waals surface area contributed by atoms with Gasteiger partial charge in [0.05, 0.1) is 12.2 Å². The fraction of sp³-hybridized carbons (Fsp3) is 0.333. The van der Waals surface area contributed by atoms with Crippen LogP contribution in [0.25, 0.3) is 12.2 Å². The Morgan fingerprint density at radius 3 is 2.52 bits per heavy atom. The molecule has 1 aromatic carbocycles. The Balaban J connectivity index is 1.83. The van der Waals surface area contributed by atoms with Crippen molar-refractivity contribution >= 4 is 18.0 Å². The lowest BCUT2D eigenvalue weighted by molar-refractivity contribution is -0.00642. The van der Waals surface area contributed by atoms with Gasteiger partial charge in [0.1, 0.15) is 6.07 Å². The molecule has 5 nitrogen and oxygen atoms in total. The summed E-state index contributed by atoms with van der Waals surface area (Å²) in [6.07, 6.45) is 3.89. The van der Waals surface area contributed by atoms with E-state index in [9.17, 15) is 5.26 Å². The van der Waals surface area contributed by atoms with Gasteiger partial charge in [0, 0.05) is 19.2 Å². The van der Waals surface area contributed by atoms with Gasteiger partial charge in [-0.25, -0.2) is 0 Å². The number of benzene rings is 1. The van der Waals surface area contributed by atoms with E-state index < -0.39 is 0 Å². The summed E-state index contributed by atoms with van der Waals surface area (Å²) < 4.78 is 11.5. The number of ether oxygens (including phenoxy) is 1. The number of hydrogen-bond acceptors (Lipinski definition) is 5. The van der Waals surface area contributed by atoms with E-state index in [1.165, 1.54) is 0 Å². The lowest BCUT2D eigenvalue weighted by atomic mass is 10.2. The van der Waals surface area contributed by atoms with Crippen LogP contribution in [0.2, 0.25) is 0 Å². The minimum Gasteiger partial charge on any atom is -0.420 e. The summed E-state index contributed by atoms with van der Waals surface area (Å²) >= 11 is 0. The Labute approximate surface area is 135 Å². The first-order valence-electron chi connectivity index (χ1n) is 7.70. The summed E-state index contributed by atoms with van der Waals surface area (Å²) in [6, 6.07) is 12.0. The molecule has 2 atom stereocenters. The van der Waals surface area contributed by atoms with Crippen LogP contribution >= 0.6 is 0 Å². The molecule has 0 radical (unpaired) electrons. The molecule has 1 saturated heterocycles. The topological polar surface area (TPSA) is 62.3 Å². The first-order chi connectivity index (χ1) is 11.2. The van der Waals surface area contributed by atoms with E-state index >= 15 is 0 Å². The average Bonchev–Trinajstić information content (AvgIpc) is 2.96. The van der Waals surface area contributed by atoms with Crippen LogP contribution in [0, 0.1) is 11.3 Å². The van der Waals surface area contributed by atoms with Gasteiger partial charge in [-0.1, -0.05) is 30.3 Å². The zero-order valence-corrected chi connectivity index (χ0v) is 13.3. The van der Waals surface area contributed by atoms with Crippen LogP contribution in [-0.4, -0.2) is 30.3 Å². The maximum absolute atomic E-state index is 9.32. The maximum atomic E-state index is 9.32. The van der Waals surface area contributed by atoms with Gasteiger partial charge >= 0.3 is 0 Å². The van der Waals surface area contributed by atoms with E-state index in [4.69, 9.17) is 9.15 Å². The normalized spacial score (nSPS) is 21.5. The van der Waals surface area contributed by atoms with Crippen molar-refractivity contribution in [2.75, 3.05) is 18.0 Å². The van der Waals surface area contributed by atoms with E-state index in [0.717, 1.165) is 5.56 Å². The summed E-state index contributed by atoms with van der Waals surface area (Å²) in [6.45, 7) is 5.41. The minimum absolute atomic E-state index is 0.0960. The lowest BCUT2D eigenvalue weighted by Gasteiger charge is -2.34. The number of anilines is 1. The van der Waals surface area contributed by atoms with Crippen molar-refractivity contribution in [3.63, 3.8) is 0 Å². The van der Waals surface area contributed by atoms with Gasteiger partial charge in [-0.3, -0.25) is 0 Å². The van der Waals surface area contributed by atoms with E-state index in [1.807, 2.05) is 55.2 Å². The number of nitrogens with zero attached hydrogens (tertiary/aromatic N) is 3. The molecule has 3 rings (SSSR count). The van der Waals surface area contributed by atoms with Crippen molar-refractivity contribution in [1.82, 2.24) is 4.98 Å². The molecule has 118 valence electrons. The van der Waals surface area contributed by atoms with Crippen molar-refractivity contribution in [3.8, 4) is 6.07 Å². The summed E-state index contributed by atoms with van der Waals surface area (Å²) in [5, 5.41) is 9.32. The molecule has 1 aliphatic rings. The molecule has 0 bridgehead atoms. The van der Waals surface area contributed by atoms with Crippen LogP contribution in [0.4, 0.5) is 5.88 Å². The number of nitriles is 1. The predicted octanol–water partition coefficient (Wildman–Crippen LogP) is 3.33. The number of aromatic nitrogens is 1. The SMILES string of the molecule is CC1CN(c2oc(C=Cc3ccccc3)nc2C#N)CC(C)O1. The highest BCUT2D eigenvalue weighted by Crippen LogP contribution is 2.26. The standard InChI is InChI=1S/C18H19N3O2/c1-13-11-21(12-14(2)22-13)18-16(10-19)20-17(23-18)9-8-15-6-4-3-5-7-15/h3-9,13-14H,11-12H2,1-2H3. The molecule has 2 heterocycles. The minimum atomic E-state index is 0.0960. The third-order valence-corrected chi connectivity index (χ3v) is 3.66. The maximum Gasteiger partial charge on any atom is 0.235 e. The van der Waals surface area contributed by atoms with Gasteiger partial charge in [0.2, 0.25) is 17.5 Å². The zero-order valence-electron chi connectivity index (χ0n) is 13.3. The Kier molecular flexibility index (Phi) is 4.45. The molecule has 2 aromatic rings. The van der Waals surface area contributed by atoms with Crippen molar-refractivity contribution in [2.45, 2.75) is 26.1 Å². The largest absolute Gasteiger partial charge is 0.420 e. The Morgan fingerprint density at radius 1 is 1.17 bits per heavy atom. The average molecular weight is 309 g/mol. The van der Waals surface area contributed by atoms with Gasteiger partial charge in [0.15, 0.2) is 0 Å². The van der Waals surface area contributed by atoms with E-state index in [1.54, 1.807) is 6.08 Å². The van der Waals surface area contributed by atoms with Gasteiger partial charge < -0.3 is 14.1 Å². The van der Waals surface area contributed by atoms with Gasteiger partial charge in [0.25, 0.3) is 0 Å². The molecule has 5 heteroatoms. The Bertz CT molecular complexity index is 720. The quantitative estimate of drug-likeness (QED) is 0.870. The molecular weight excluding hydrogens is 290 g/mol. The van der Waals surface area contributed by atoms with E-state index in [-0.39, 0.29) is 12.2 Å². The highest BCUT2D eigenvalue weighted by Gasteiger charge is 2.27. The van der Waals surface area contributed by atoms with Gasteiger partial charge in [-0.2, -0.15) is 10.2 Å². The molecule has 0 spiro atoms. The smallest absolute Gasteiger partial charge is 0.235 e. The molecule has 1 fully saturated rings. The zero-order chi connectivity index (χ0) is 16.2. The van der Waals surface area contributed by atoms with Crippen LogP contribution in [0.3, 0.4) is 0 Å². The molecular formula is C18H19N3O2. The molecule has 1 aliphatic heterocycles. The highest BCUT2D eigenvalue weighted by molar-refractivity contribution is 5.67. The van der Waals surface area contributed by atoms with Crippen molar-refractivity contribution in [2.24, 2.45) is 0 Å². The molecule has 2 unspecified atom stereocenters. The van der Waals surface area contributed by atoms with Crippen LogP contribution < -0.4 is 4.90 Å². The van der Waals surface area contributed by atoms with E-state index in [2.05, 4.69) is 11.1 Å². The van der Waals surface area contributed by atoms with Crippen molar-refractivity contribution in [1.29, 1.82) is 5.26 Å². The second-order valence-corrected chi connectivity index (χ2v) is 5.72. The Morgan fingerprint density at radius 2 is 1.87 bits per heavy atom. The molecule has 0 amide bonds. The number of morpholine rings is 1. The van der Waals surface area contributed by atoms with Gasteiger partial charge in [-0.15, -0.1) is 0 Å². The van der Waals surface area contributed by atoms with Crippen LogP contribution in [0.1, 0.15) is 31.0 Å². The summed E-state index contributed by atoms with van der Waals surface area (Å²) in [5.41, 5.74) is 1.37. The lowest BCUT2D eigenvalue weighted by Crippen LogP contribution is -2.45. The highest BCUT2D eigenvalue weighted by atomic mass is 16.5. The molecule has 1 aromatic heterocycles. The first-order valence-corrected chi connectivity index (χ1v) is 7.70. The number of rotatable bonds is 3. The third-order valence-electron chi connectivity index (χ3n) is 3.66. The second-order valence-electron chi connectivity index (χ2n) is 5.72. The van der Waals surface area contributed by atoms with E-state index in [0.29, 0.717) is 30.6 Å². The van der Waals surface area contributed by atoms with Crippen LogP contribution in [0.15, 0.2) is 34.7 Å². The van der Waals surface area contributed by atoms with Crippen molar-refractivity contribution in [3.05, 3.63) is 47.5 Å². The molecule has 23 heavy (non-hydrogen) atoms. The second kappa shape index (κ2) is 6.67. The summed E-state index contributed by atoms with van der Waals surface area (Å²) in [7, 11) is 0. The van der Waals surface area contributed by atoms with Crippen LogP contribution in [0.5, 0.6) is 0 Å². The monoisotopic (exact) mass is 309 g/mol. The van der Waals surface area contributed by atoms with Crippen LogP contribution in [-0.2, 0) is 4.74 Å². The summed E-state index contributed by atoms with van der Waals surface area (Å²) in [4.78, 5) is 6.30. The Hall–Kier alpha value is -2.58. The fourth-order valence-electron chi connectivity index (χ4n) is 2.76. The third kappa shape index (κ3) is 3.61. The molecule has 0 aliphatic carbocycles. The number of hydrogen-bond donors (Lipinski definition) is 0. The first kappa shape index (κ1) is 15.3. The summed E-state index contributed by atoms with van der Waals surface area (Å²) in [5.74, 6) is 0.967. The van der Waals surface area contributed by atoms with Crippen molar-refractivity contribution < 1.29 is 9.15 Å². The molecule has 0 N–H and O–H groups in total. The predicted molar refractivity (Wildman–Crippen MR) is 88.8 cm³/mol. The molecule has 0 saturated carbocycles.